The predicted octanol–water partition coefficient (Wildman–Crippen LogP) is 5.46. The first kappa shape index (κ1) is 25.2. The Morgan fingerprint density at radius 3 is 2.50 bits per heavy atom. The zero-order valence-electron chi connectivity index (χ0n) is 22.1. The molecule has 36 heavy (non-hydrogen) atoms. The number of carbonyl (C=O) groups is 2. The summed E-state index contributed by atoms with van der Waals surface area (Å²) < 4.78 is 11.0. The largest absolute Gasteiger partial charge is 0.496 e. The van der Waals surface area contributed by atoms with Gasteiger partial charge < -0.3 is 14.4 Å². The van der Waals surface area contributed by atoms with E-state index in [2.05, 4.69) is 32.6 Å². The average Bonchev–Trinajstić information content (AvgIpc) is 3.19. The molecule has 8 heteroatoms. The Morgan fingerprint density at radius 2 is 1.86 bits per heavy atom. The molecule has 1 unspecified atom stereocenters. The summed E-state index contributed by atoms with van der Waals surface area (Å²) in [4.78, 5) is 34.4. The summed E-state index contributed by atoms with van der Waals surface area (Å²) in [6.45, 7) is 10.7. The van der Waals surface area contributed by atoms with E-state index >= 15 is 0 Å². The van der Waals surface area contributed by atoms with E-state index in [9.17, 15) is 9.59 Å². The number of piperidine rings is 1. The molecule has 0 bridgehead atoms. The van der Waals surface area contributed by atoms with Gasteiger partial charge in [0.2, 0.25) is 5.88 Å². The Balaban J connectivity index is 1.34. The molecule has 190 valence electrons. The minimum Gasteiger partial charge on any atom is -0.496 e. The fraction of sp³-hybridized carbons (Fsp3) is 0.536. The molecular formula is C28H35BN2O4S. The Kier molecular flexibility index (Phi) is 6.38. The molecule has 1 amide bonds. The Morgan fingerprint density at radius 1 is 1.14 bits per heavy atom. The van der Waals surface area contributed by atoms with Crippen LogP contribution in [-0.2, 0) is 4.79 Å². The lowest BCUT2D eigenvalue weighted by Crippen LogP contribution is -2.46. The third kappa shape index (κ3) is 4.21. The predicted molar refractivity (Wildman–Crippen MR) is 146 cm³/mol. The average molecular weight is 506 g/mol. The van der Waals surface area contributed by atoms with E-state index in [1.54, 1.807) is 26.5 Å². The molecule has 3 aliphatic rings. The number of allylic oxidation sites excluding steroid dienone is 2. The number of methoxy groups -OCH3 is 2. The molecule has 1 aromatic heterocycles. The number of ketones is 1. The highest BCUT2D eigenvalue weighted by Gasteiger charge is 2.50. The van der Waals surface area contributed by atoms with Gasteiger partial charge in [0.05, 0.1) is 14.2 Å². The van der Waals surface area contributed by atoms with Crippen molar-refractivity contribution in [1.82, 2.24) is 9.88 Å². The Labute approximate surface area is 218 Å². The van der Waals surface area contributed by atoms with E-state index in [1.165, 1.54) is 4.91 Å². The number of Topliss-reactive ketones (excluding diaryl/α,β-unsaturated/α-hetero) is 1. The van der Waals surface area contributed by atoms with Crippen molar-refractivity contribution in [2.45, 2.75) is 58.4 Å². The fourth-order valence-corrected chi connectivity index (χ4v) is 8.25. The molecule has 1 atom stereocenters. The zero-order chi connectivity index (χ0) is 25.8. The molecule has 1 fully saturated rings. The first-order valence-corrected chi connectivity index (χ1v) is 13.7. The first-order chi connectivity index (χ1) is 17.1. The number of fused-ring (bicyclic) bond motifs is 1. The van der Waals surface area contributed by atoms with Crippen LogP contribution in [0.5, 0.6) is 11.6 Å². The lowest BCUT2D eigenvalue weighted by Gasteiger charge is -2.44. The van der Waals surface area contributed by atoms with Crippen LogP contribution in [0.3, 0.4) is 0 Å². The molecule has 1 saturated heterocycles. The topological polar surface area (TPSA) is 68.7 Å². The summed E-state index contributed by atoms with van der Waals surface area (Å²) in [5.41, 5.74) is 1.79. The monoisotopic (exact) mass is 506 g/mol. The van der Waals surface area contributed by atoms with Gasteiger partial charge in [0.15, 0.2) is 12.5 Å². The number of likely N-dealkylation sites (tertiary alicyclic amines) is 1. The van der Waals surface area contributed by atoms with Crippen LogP contribution in [0.1, 0.15) is 56.8 Å². The molecule has 2 aliphatic heterocycles. The van der Waals surface area contributed by atoms with Crippen LogP contribution in [0.4, 0.5) is 0 Å². The molecule has 1 spiro atoms. The molecule has 1 aliphatic carbocycles. The van der Waals surface area contributed by atoms with Crippen LogP contribution in [0.25, 0.3) is 10.8 Å². The first-order valence-electron chi connectivity index (χ1n) is 12.8. The number of ether oxygens (including phenoxy) is 2. The number of thioether (sulfide) groups is 1. The van der Waals surface area contributed by atoms with Gasteiger partial charge in [-0.05, 0) is 63.8 Å². The molecule has 0 N–H and O–H groups in total. The van der Waals surface area contributed by atoms with Gasteiger partial charge in [-0.3, -0.25) is 9.59 Å². The number of benzene rings is 1. The van der Waals surface area contributed by atoms with Crippen molar-refractivity contribution in [3.63, 3.8) is 0 Å². The molecule has 0 radical (unpaired) electrons. The highest BCUT2D eigenvalue weighted by atomic mass is 32.2. The van der Waals surface area contributed by atoms with Crippen LogP contribution in [0.15, 0.2) is 34.8 Å². The normalized spacial score (nSPS) is 21.8. The van der Waals surface area contributed by atoms with E-state index < -0.39 is 0 Å². The van der Waals surface area contributed by atoms with Crippen molar-refractivity contribution in [3.8, 4) is 11.6 Å². The van der Waals surface area contributed by atoms with Crippen LogP contribution in [0, 0.1) is 10.8 Å². The summed E-state index contributed by atoms with van der Waals surface area (Å²) in [7, 11) is 3.18. The minimum absolute atomic E-state index is 0.0188. The number of rotatable bonds is 3. The minimum atomic E-state index is -0.0274. The maximum atomic E-state index is 13.6. The second-order valence-electron chi connectivity index (χ2n) is 11.7. The number of amides is 1. The van der Waals surface area contributed by atoms with Crippen molar-refractivity contribution in [3.05, 3.63) is 40.3 Å². The third-order valence-electron chi connectivity index (χ3n) is 8.28. The molecule has 3 heterocycles. The van der Waals surface area contributed by atoms with Crippen molar-refractivity contribution in [2.75, 3.05) is 27.3 Å². The van der Waals surface area contributed by atoms with Gasteiger partial charge in [0, 0.05) is 42.0 Å². The van der Waals surface area contributed by atoms with Crippen molar-refractivity contribution < 1.29 is 19.1 Å². The fourth-order valence-electron chi connectivity index (χ4n) is 6.44. The number of carbonyl (C=O) groups excluding carboxylic acids is 2. The smallest absolute Gasteiger partial charge is 0.254 e. The second kappa shape index (κ2) is 9.12. The van der Waals surface area contributed by atoms with E-state index in [0.29, 0.717) is 54.3 Å². The van der Waals surface area contributed by atoms with Crippen LogP contribution in [0.2, 0.25) is 6.82 Å². The summed E-state index contributed by atoms with van der Waals surface area (Å²) in [6.07, 6.45) is 4.97. The summed E-state index contributed by atoms with van der Waals surface area (Å²) in [6, 6.07) is 5.52. The maximum Gasteiger partial charge on any atom is 0.254 e. The molecule has 2 aromatic rings. The number of hydrogen-bond donors (Lipinski definition) is 0. The van der Waals surface area contributed by atoms with Crippen molar-refractivity contribution >= 4 is 40.9 Å². The molecule has 6 nitrogen and oxygen atoms in total. The highest BCUT2D eigenvalue weighted by molar-refractivity contribution is 8.06. The lowest BCUT2D eigenvalue weighted by atomic mass is 9.38. The Hall–Kier alpha value is -2.48. The summed E-state index contributed by atoms with van der Waals surface area (Å²) >= 11 is 1.94. The zero-order valence-corrected chi connectivity index (χ0v) is 23.0. The quantitative estimate of drug-likeness (QED) is 0.516. The second-order valence-corrected chi connectivity index (χ2v) is 12.9. The standard InChI is InChI=1S/C28H35BN2O4S/c1-27(2,3)26-29(4)23-20(32)15-28(16-22(23)36-26)8-11-31(12-9-28)25(33)17-13-19-18(21(14-17)34-5)7-10-30-24(19)35-6/h7,10,13-14,26H,8-9,11-12,15-16H2,1-6H3. The van der Waals surface area contributed by atoms with Gasteiger partial charge >= 0.3 is 0 Å². The van der Waals surface area contributed by atoms with Crippen molar-refractivity contribution in [1.29, 1.82) is 0 Å². The van der Waals surface area contributed by atoms with Crippen LogP contribution < -0.4 is 9.47 Å². The highest BCUT2D eigenvalue weighted by Crippen LogP contribution is 2.55. The SMILES string of the molecule is COc1cc(C(=O)N2CCC3(CC2)CC(=O)C2=C(C3)SC(C(C)(C)C)B2C)cc2c(OC)nccc12. The number of hydrogen-bond acceptors (Lipinski definition) is 6. The molecular weight excluding hydrogens is 471 g/mol. The van der Waals surface area contributed by atoms with Crippen LogP contribution >= 0.6 is 11.8 Å². The van der Waals surface area contributed by atoms with E-state index in [-0.39, 0.29) is 16.7 Å². The van der Waals surface area contributed by atoms with Crippen molar-refractivity contribution in [2.24, 2.45) is 10.8 Å². The Bertz CT molecular complexity index is 1260. The lowest BCUT2D eigenvalue weighted by molar-refractivity contribution is -0.118. The van der Waals surface area contributed by atoms with Gasteiger partial charge in [0.25, 0.3) is 5.91 Å². The molecule has 1 aromatic carbocycles. The van der Waals surface area contributed by atoms with Gasteiger partial charge in [-0.15, -0.1) is 11.8 Å². The number of aromatic nitrogens is 1. The molecule has 0 saturated carbocycles. The summed E-state index contributed by atoms with van der Waals surface area (Å²) in [5, 5.41) is 2.06. The number of pyridine rings is 1. The third-order valence-corrected chi connectivity index (χ3v) is 10.3. The van der Waals surface area contributed by atoms with Crippen LogP contribution in [-0.4, -0.2) is 60.7 Å². The van der Waals surface area contributed by atoms with E-state index in [4.69, 9.17) is 9.47 Å². The summed E-state index contributed by atoms with van der Waals surface area (Å²) in [5.74, 6) is 1.42. The van der Waals surface area contributed by atoms with Gasteiger partial charge in [0.1, 0.15) is 5.75 Å². The van der Waals surface area contributed by atoms with Gasteiger partial charge in [-0.1, -0.05) is 27.6 Å². The van der Waals surface area contributed by atoms with E-state index in [0.717, 1.165) is 35.5 Å². The van der Waals surface area contributed by atoms with E-state index in [1.807, 2.05) is 28.8 Å². The maximum absolute atomic E-state index is 13.6. The molecule has 5 rings (SSSR count). The van der Waals surface area contributed by atoms with Gasteiger partial charge in [-0.25, -0.2) is 4.98 Å². The number of nitrogens with zero attached hydrogens (tertiary/aromatic N) is 2. The van der Waals surface area contributed by atoms with Gasteiger partial charge in [-0.2, -0.15) is 0 Å².